The van der Waals surface area contributed by atoms with E-state index in [4.69, 9.17) is 0 Å². The Morgan fingerprint density at radius 2 is 1.67 bits per heavy atom. The molecule has 0 saturated heterocycles. The lowest BCUT2D eigenvalue weighted by Crippen LogP contribution is -1.92. The lowest BCUT2D eigenvalue weighted by Gasteiger charge is -2.06. The molecule has 1 aromatic heterocycles. The lowest BCUT2D eigenvalue weighted by molar-refractivity contribution is 0.909. The molecule has 0 fully saturated rings. The molecule has 0 spiro atoms. The molecule has 0 unspecified atom stereocenters. The van der Waals surface area contributed by atoms with Gasteiger partial charge in [0.25, 0.3) is 0 Å². The van der Waals surface area contributed by atoms with Crippen molar-refractivity contribution in [2.24, 2.45) is 7.05 Å². The van der Waals surface area contributed by atoms with Crippen molar-refractivity contribution in [1.29, 1.82) is 0 Å². The highest BCUT2D eigenvalue weighted by molar-refractivity contribution is 9.10. The zero-order valence-electron chi connectivity index (χ0n) is 9.21. The Labute approximate surface area is 98.9 Å². The van der Waals surface area contributed by atoms with E-state index in [0.717, 1.165) is 4.60 Å². The van der Waals surface area contributed by atoms with Crippen LogP contribution in [0, 0.1) is 13.8 Å². The quantitative estimate of drug-likeness (QED) is 0.731. The third-order valence-electron chi connectivity index (χ3n) is 2.69. The number of aromatic nitrogens is 1. The number of rotatable bonds is 1. The van der Waals surface area contributed by atoms with Crippen LogP contribution >= 0.6 is 15.9 Å². The zero-order valence-corrected chi connectivity index (χ0v) is 10.8. The van der Waals surface area contributed by atoms with E-state index in [-0.39, 0.29) is 0 Å². The average molecular weight is 264 g/mol. The van der Waals surface area contributed by atoms with Crippen molar-refractivity contribution in [2.45, 2.75) is 13.8 Å². The molecular formula is C13H14BrN. The highest BCUT2D eigenvalue weighted by Gasteiger charge is 2.09. The van der Waals surface area contributed by atoms with Crippen molar-refractivity contribution in [3.63, 3.8) is 0 Å². The van der Waals surface area contributed by atoms with Crippen LogP contribution in [0.1, 0.15) is 11.1 Å². The average Bonchev–Trinajstić information content (AvgIpc) is 2.44. The summed E-state index contributed by atoms with van der Waals surface area (Å²) in [5, 5.41) is 0. The molecule has 0 aliphatic rings. The smallest absolute Gasteiger partial charge is 0.0851 e. The summed E-state index contributed by atoms with van der Waals surface area (Å²) in [7, 11) is 2.08. The maximum absolute atomic E-state index is 3.54. The normalized spacial score (nSPS) is 10.7. The summed E-state index contributed by atoms with van der Waals surface area (Å²) < 4.78 is 3.29. The third kappa shape index (κ3) is 1.86. The fourth-order valence-electron chi connectivity index (χ4n) is 1.85. The molecule has 2 rings (SSSR count). The molecule has 2 heteroatoms. The van der Waals surface area contributed by atoms with Gasteiger partial charge in [-0.3, -0.25) is 0 Å². The van der Waals surface area contributed by atoms with E-state index >= 15 is 0 Å². The Kier molecular flexibility index (Phi) is 2.70. The van der Waals surface area contributed by atoms with Gasteiger partial charge in [-0.2, -0.15) is 0 Å². The molecule has 2 aromatic rings. The van der Waals surface area contributed by atoms with E-state index in [1.165, 1.54) is 22.4 Å². The first-order valence-corrected chi connectivity index (χ1v) is 5.78. The second-order valence-electron chi connectivity index (χ2n) is 3.92. The minimum atomic E-state index is 1.12. The van der Waals surface area contributed by atoms with Gasteiger partial charge in [-0.15, -0.1) is 0 Å². The predicted molar refractivity (Wildman–Crippen MR) is 68.0 cm³/mol. The van der Waals surface area contributed by atoms with Crippen molar-refractivity contribution in [3.05, 3.63) is 46.1 Å². The Balaban J connectivity index is 2.58. The number of benzene rings is 1. The largest absolute Gasteiger partial charge is 0.338 e. The van der Waals surface area contributed by atoms with Crippen LogP contribution in [-0.2, 0) is 7.05 Å². The van der Waals surface area contributed by atoms with Crippen LogP contribution in [0.5, 0.6) is 0 Å². The maximum atomic E-state index is 3.54. The molecule has 1 nitrogen and oxygen atoms in total. The molecule has 0 atom stereocenters. The van der Waals surface area contributed by atoms with Gasteiger partial charge in [-0.05, 0) is 47.0 Å². The van der Waals surface area contributed by atoms with Gasteiger partial charge in [0.15, 0.2) is 0 Å². The minimum Gasteiger partial charge on any atom is -0.338 e. The van der Waals surface area contributed by atoms with Crippen LogP contribution in [0.2, 0.25) is 0 Å². The summed E-state index contributed by atoms with van der Waals surface area (Å²) in [6.45, 7) is 4.25. The first kappa shape index (κ1) is 10.5. The predicted octanol–water partition coefficient (Wildman–Crippen LogP) is 4.07. The summed E-state index contributed by atoms with van der Waals surface area (Å²) >= 11 is 3.54. The van der Waals surface area contributed by atoms with E-state index in [9.17, 15) is 0 Å². The monoisotopic (exact) mass is 263 g/mol. The highest BCUT2D eigenvalue weighted by atomic mass is 79.9. The van der Waals surface area contributed by atoms with Crippen LogP contribution in [0.15, 0.2) is 34.9 Å². The Morgan fingerprint density at radius 3 is 2.13 bits per heavy atom. The van der Waals surface area contributed by atoms with Gasteiger partial charge < -0.3 is 4.57 Å². The van der Waals surface area contributed by atoms with Crippen LogP contribution < -0.4 is 0 Å². The fraction of sp³-hybridized carbons (Fsp3) is 0.231. The second kappa shape index (κ2) is 3.86. The SMILES string of the molecule is Cc1ccc(-c2c(C)cc(Br)n2C)cc1. The van der Waals surface area contributed by atoms with Gasteiger partial charge in [-0.1, -0.05) is 29.8 Å². The molecule has 0 aliphatic carbocycles. The Morgan fingerprint density at radius 1 is 1.07 bits per heavy atom. The first-order chi connectivity index (χ1) is 7.09. The van der Waals surface area contributed by atoms with Crippen molar-refractivity contribution in [2.75, 3.05) is 0 Å². The number of halogens is 1. The van der Waals surface area contributed by atoms with Crippen molar-refractivity contribution < 1.29 is 0 Å². The number of aryl methyl sites for hydroxylation is 2. The summed E-state index contributed by atoms with van der Waals surface area (Å²) in [4.78, 5) is 0. The Bertz CT molecular complexity index is 480. The summed E-state index contributed by atoms with van der Waals surface area (Å²) in [5.41, 5.74) is 5.14. The van der Waals surface area contributed by atoms with Crippen molar-refractivity contribution in [3.8, 4) is 11.3 Å². The summed E-state index contributed by atoms with van der Waals surface area (Å²) in [5.74, 6) is 0. The molecule has 0 N–H and O–H groups in total. The van der Waals surface area contributed by atoms with Crippen molar-refractivity contribution >= 4 is 15.9 Å². The molecule has 0 aliphatic heterocycles. The van der Waals surface area contributed by atoms with Crippen molar-refractivity contribution in [1.82, 2.24) is 4.57 Å². The van der Waals surface area contributed by atoms with Crippen LogP contribution in [0.3, 0.4) is 0 Å². The van der Waals surface area contributed by atoms with Gasteiger partial charge in [-0.25, -0.2) is 0 Å². The molecule has 1 heterocycles. The minimum absolute atomic E-state index is 1.12. The van der Waals surface area contributed by atoms with E-state index in [1.54, 1.807) is 0 Å². The standard InChI is InChI=1S/C13H14BrN/c1-9-4-6-11(7-5-9)13-10(2)8-12(14)15(13)3/h4-8H,1-3H3. The molecule has 78 valence electrons. The van der Waals surface area contributed by atoms with E-state index < -0.39 is 0 Å². The van der Waals surface area contributed by atoms with Crippen LogP contribution in [-0.4, -0.2) is 4.57 Å². The molecule has 0 radical (unpaired) electrons. The molecule has 0 bridgehead atoms. The van der Waals surface area contributed by atoms with E-state index in [0.29, 0.717) is 0 Å². The molecule has 0 saturated carbocycles. The second-order valence-corrected chi connectivity index (χ2v) is 4.74. The third-order valence-corrected chi connectivity index (χ3v) is 3.45. The topological polar surface area (TPSA) is 4.93 Å². The van der Waals surface area contributed by atoms with Gasteiger partial charge in [0.1, 0.15) is 0 Å². The van der Waals surface area contributed by atoms with Gasteiger partial charge in [0, 0.05) is 7.05 Å². The van der Waals surface area contributed by atoms with E-state index in [1.807, 2.05) is 0 Å². The highest BCUT2D eigenvalue weighted by Crippen LogP contribution is 2.28. The maximum Gasteiger partial charge on any atom is 0.0851 e. The van der Waals surface area contributed by atoms with Crippen LogP contribution in [0.25, 0.3) is 11.3 Å². The fourth-order valence-corrected chi connectivity index (χ4v) is 2.37. The molecule has 1 aromatic carbocycles. The van der Waals surface area contributed by atoms with Crippen LogP contribution in [0.4, 0.5) is 0 Å². The lowest BCUT2D eigenvalue weighted by atomic mass is 10.1. The summed E-state index contributed by atoms with van der Waals surface area (Å²) in [6.07, 6.45) is 0. The zero-order chi connectivity index (χ0) is 11.0. The molecule has 0 amide bonds. The first-order valence-electron chi connectivity index (χ1n) is 4.98. The van der Waals surface area contributed by atoms with Gasteiger partial charge >= 0.3 is 0 Å². The number of hydrogen-bond donors (Lipinski definition) is 0. The van der Waals surface area contributed by atoms with E-state index in [2.05, 4.69) is 71.7 Å². The Hall–Kier alpha value is -1.02. The van der Waals surface area contributed by atoms with Gasteiger partial charge in [0.2, 0.25) is 0 Å². The molecular weight excluding hydrogens is 250 g/mol. The number of hydrogen-bond acceptors (Lipinski definition) is 0. The number of nitrogens with zero attached hydrogens (tertiary/aromatic N) is 1. The van der Waals surface area contributed by atoms with Gasteiger partial charge in [0.05, 0.1) is 10.3 Å². The molecule has 15 heavy (non-hydrogen) atoms. The summed E-state index contributed by atoms with van der Waals surface area (Å²) in [6, 6.07) is 10.8.